The van der Waals surface area contributed by atoms with Gasteiger partial charge in [-0.2, -0.15) is 0 Å². The molecular weight excluding hydrogens is 330 g/mol. The van der Waals surface area contributed by atoms with Crippen molar-refractivity contribution in [1.29, 1.82) is 0 Å². The lowest BCUT2D eigenvalue weighted by molar-refractivity contribution is 0.0779. The zero-order valence-corrected chi connectivity index (χ0v) is 14.7. The number of rotatable bonds is 4. The SMILES string of the molecule is Cc1cccc2nc(C(=O)NCc3ccnc([C@@H]4CCCOC4)n3)cn12. The molecule has 1 saturated heterocycles. The van der Waals surface area contributed by atoms with Gasteiger partial charge in [-0.15, -0.1) is 0 Å². The first-order valence-corrected chi connectivity index (χ1v) is 8.83. The lowest BCUT2D eigenvalue weighted by Gasteiger charge is -2.20. The maximum atomic E-state index is 12.4. The molecule has 3 aromatic rings. The molecule has 1 atom stereocenters. The van der Waals surface area contributed by atoms with Crippen molar-refractivity contribution >= 4 is 11.6 Å². The molecule has 1 amide bonds. The molecule has 4 rings (SSSR count). The summed E-state index contributed by atoms with van der Waals surface area (Å²) < 4.78 is 7.41. The van der Waals surface area contributed by atoms with Gasteiger partial charge in [0.25, 0.3) is 5.91 Å². The summed E-state index contributed by atoms with van der Waals surface area (Å²) in [5, 5.41) is 2.89. The third kappa shape index (κ3) is 3.43. The third-order valence-electron chi connectivity index (χ3n) is 4.62. The van der Waals surface area contributed by atoms with Crippen LogP contribution in [0, 0.1) is 6.92 Å². The van der Waals surface area contributed by atoms with Gasteiger partial charge in [0.05, 0.1) is 18.8 Å². The fraction of sp³-hybridized carbons (Fsp3) is 0.368. The number of pyridine rings is 1. The maximum absolute atomic E-state index is 12.4. The van der Waals surface area contributed by atoms with E-state index in [1.54, 1.807) is 12.4 Å². The zero-order valence-electron chi connectivity index (χ0n) is 14.7. The Bertz CT molecular complexity index is 931. The maximum Gasteiger partial charge on any atom is 0.271 e. The highest BCUT2D eigenvalue weighted by Crippen LogP contribution is 2.22. The van der Waals surface area contributed by atoms with Crippen molar-refractivity contribution in [2.45, 2.75) is 32.2 Å². The van der Waals surface area contributed by atoms with Gasteiger partial charge in [0.2, 0.25) is 0 Å². The van der Waals surface area contributed by atoms with Gasteiger partial charge in [0, 0.05) is 30.6 Å². The van der Waals surface area contributed by atoms with Gasteiger partial charge in [-0.25, -0.2) is 15.0 Å². The summed E-state index contributed by atoms with van der Waals surface area (Å²) in [6.07, 6.45) is 5.57. The van der Waals surface area contributed by atoms with Crippen LogP contribution in [-0.2, 0) is 11.3 Å². The first-order valence-electron chi connectivity index (χ1n) is 8.83. The van der Waals surface area contributed by atoms with Gasteiger partial charge < -0.3 is 14.5 Å². The number of ether oxygens (including phenoxy) is 1. The molecule has 134 valence electrons. The number of aromatic nitrogens is 4. The second kappa shape index (κ2) is 7.21. The summed E-state index contributed by atoms with van der Waals surface area (Å²) >= 11 is 0. The van der Waals surface area contributed by atoms with Gasteiger partial charge in [-0.3, -0.25) is 4.79 Å². The van der Waals surface area contributed by atoms with Gasteiger partial charge >= 0.3 is 0 Å². The number of nitrogens with one attached hydrogen (secondary N) is 1. The molecule has 0 radical (unpaired) electrons. The van der Waals surface area contributed by atoms with Crippen LogP contribution in [-0.4, -0.2) is 38.5 Å². The summed E-state index contributed by atoms with van der Waals surface area (Å²) in [6.45, 7) is 3.80. The molecule has 1 N–H and O–H groups in total. The Labute approximate surface area is 151 Å². The Balaban J connectivity index is 1.44. The predicted molar refractivity (Wildman–Crippen MR) is 95.9 cm³/mol. The summed E-state index contributed by atoms with van der Waals surface area (Å²) in [6, 6.07) is 7.61. The normalized spacial score (nSPS) is 17.3. The van der Waals surface area contributed by atoms with Crippen LogP contribution in [0.2, 0.25) is 0 Å². The molecule has 0 aliphatic carbocycles. The van der Waals surface area contributed by atoms with Crippen molar-refractivity contribution in [3.63, 3.8) is 0 Å². The van der Waals surface area contributed by atoms with Crippen LogP contribution in [0.1, 0.15) is 46.5 Å². The van der Waals surface area contributed by atoms with Crippen LogP contribution in [0.3, 0.4) is 0 Å². The Hall–Kier alpha value is -2.80. The molecule has 3 aromatic heterocycles. The molecule has 4 heterocycles. The smallest absolute Gasteiger partial charge is 0.271 e. The molecule has 7 nitrogen and oxygen atoms in total. The highest BCUT2D eigenvalue weighted by molar-refractivity contribution is 5.92. The van der Waals surface area contributed by atoms with Crippen LogP contribution in [0.5, 0.6) is 0 Å². The summed E-state index contributed by atoms with van der Waals surface area (Å²) in [4.78, 5) is 25.8. The van der Waals surface area contributed by atoms with E-state index < -0.39 is 0 Å². The lowest BCUT2D eigenvalue weighted by Crippen LogP contribution is -2.24. The molecule has 26 heavy (non-hydrogen) atoms. The van der Waals surface area contributed by atoms with Gasteiger partial charge in [0.15, 0.2) is 0 Å². The molecule has 7 heteroatoms. The second-order valence-corrected chi connectivity index (χ2v) is 6.52. The molecule has 1 aliphatic rings. The van der Waals surface area contributed by atoms with E-state index in [1.807, 2.05) is 35.6 Å². The number of aryl methyl sites for hydroxylation is 1. The van der Waals surface area contributed by atoms with E-state index in [-0.39, 0.29) is 11.8 Å². The number of carbonyl (C=O) groups is 1. The van der Waals surface area contributed by atoms with E-state index in [4.69, 9.17) is 4.74 Å². The number of hydrogen-bond acceptors (Lipinski definition) is 5. The molecular formula is C19H21N5O2. The fourth-order valence-corrected chi connectivity index (χ4v) is 3.17. The van der Waals surface area contributed by atoms with Crippen LogP contribution < -0.4 is 5.32 Å². The van der Waals surface area contributed by atoms with Crippen LogP contribution in [0.4, 0.5) is 0 Å². The predicted octanol–water partition coefficient (Wildman–Crippen LogP) is 2.26. The first-order chi connectivity index (χ1) is 12.7. The minimum atomic E-state index is -0.214. The third-order valence-corrected chi connectivity index (χ3v) is 4.62. The van der Waals surface area contributed by atoms with E-state index in [2.05, 4.69) is 20.3 Å². The number of amides is 1. The van der Waals surface area contributed by atoms with Crippen LogP contribution in [0.15, 0.2) is 36.7 Å². The molecule has 1 aliphatic heterocycles. The standard InChI is InChI=1S/C19H21N5O2/c1-13-4-2-6-17-23-16(11-24(13)17)19(25)21-10-15-7-8-20-18(22-15)14-5-3-9-26-12-14/h2,4,6-8,11,14H,3,5,9-10,12H2,1H3,(H,21,25)/t14-/m1/s1. The number of hydrogen-bond donors (Lipinski definition) is 1. The summed E-state index contributed by atoms with van der Waals surface area (Å²) in [5.41, 5.74) is 2.98. The number of carbonyl (C=O) groups excluding carboxylic acids is 1. The van der Waals surface area contributed by atoms with Crippen molar-refractivity contribution < 1.29 is 9.53 Å². The van der Waals surface area contributed by atoms with E-state index in [0.29, 0.717) is 18.8 Å². The largest absolute Gasteiger partial charge is 0.381 e. The quantitative estimate of drug-likeness (QED) is 0.780. The van der Waals surface area contributed by atoms with Crippen molar-refractivity contribution in [1.82, 2.24) is 24.7 Å². The van der Waals surface area contributed by atoms with Crippen LogP contribution >= 0.6 is 0 Å². The summed E-state index contributed by atoms with van der Waals surface area (Å²) in [7, 11) is 0. The average molecular weight is 351 g/mol. The highest BCUT2D eigenvalue weighted by atomic mass is 16.5. The topological polar surface area (TPSA) is 81.4 Å². The number of fused-ring (bicyclic) bond motifs is 1. The van der Waals surface area contributed by atoms with Crippen molar-refractivity contribution in [2.24, 2.45) is 0 Å². The van der Waals surface area contributed by atoms with E-state index >= 15 is 0 Å². The molecule has 0 spiro atoms. The molecule has 1 fully saturated rings. The fourth-order valence-electron chi connectivity index (χ4n) is 3.17. The average Bonchev–Trinajstić information content (AvgIpc) is 3.13. The zero-order chi connectivity index (χ0) is 17.9. The lowest BCUT2D eigenvalue weighted by atomic mass is 10.0. The van der Waals surface area contributed by atoms with E-state index in [1.165, 1.54) is 0 Å². The highest BCUT2D eigenvalue weighted by Gasteiger charge is 2.19. The van der Waals surface area contributed by atoms with E-state index in [0.717, 1.165) is 42.3 Å². The second-order valence-electron chi connectivity index (χ2n) is 6.52. The Morgan fingerprint density at radius 1 is 1.35 bits per heavy atom. The minimum Gasteiger partial charge on any atom is -0.381 e. The number of nitrogens with zero attached hydrogens (tertiary/aromatic N) is 4. The Kier molecular flexibility index (Phi) is 4.62. The van der Waals surface area contributed by atoms with Crippen molar-refractivity contribution in [2.75, 3.05) is 13.2 Å². The minimum absolute atomic E-state index is 0.214. The molecule has 0 saturated carbocycles. The molecule has 0 bridgehead atoms. The number of imidazole rings is 1. The molecule has 0 unspecified atom stereocenters. The van der Waals surface area contributed by atoms with Crippen molar-refractivity contribution in [3.8, 4) is 0 Å². The van der Waals surface area contributed by atoms with E-state index in [9.17, 15) is 4.79 Å². The first kappa shape index (κ1) is 16.7. The van der Waals surface area contributed by atoms with Crippen LogP contribution in [0.25, 0.3) is 5.65 Å². The Morgan fingerprint density at radius 3 is 3.08 bits per heavy atom. The molecule has 0 aromatic carbocycles. The monoisotopic (exact) mass is 351 g/mol. The van der Waals surface area contributed by atoms with Gasteiger partial charge in [0.1, 0.15) is 17.2 Å². The van der Waals surface area contributed by atoms with Gasteiger partial charge in [-0.05, 0) is 38.0 Å². The Morgan fingerprint density at radius 2 is 2.27 bits per heavy atom. The van der Waals surface area contributed by atoms with Crippen molar-refractivity contribution in [3.05, 3.63) is 59.6 Å². The summed E-state index contributed by atoms with van der Waals surface area (Å²) in [5.74, 6) is 0.815. The van der Waals surface area contributed by atoms with Gasteiger partial charge in [-0.1, -0.05) is 6.07 Å².